The van der Waals surface area contributed by atoms with Gasteiger partial charge in [0.2, 0.25) is 0 Å². The monoisotopic (exact) mass is 498 g/mol. The number of hydrogen-bond acceptors (Lipinski definition) is 5. The van der Waals surface area contributed by atoms with E-state index in [2.05, 4.69) is 4.52 Å². The lowest BCUT2D eigenvalue weighted by Gasteiger charge is -2.65. The SMILES string of the molecule is O=P(O)(O)Oc1cccc(C2(OCC(F)(F)F)OOC23C2CC4CC(Cl)C(C2)CC3C4)c1. The first kappa shape index (κ1) is 22.9. The van der Waals surface area contributed by atoms with Gasteiger partial charge in [-0.2, -0.15) is 18.1 Å². The van der Waals surface area contributed by atoms with Gasteiger partial charge in [0.15, 0.2) is 5.60 Å². The first-order valence-corrected chi connectivity index (χ1v) is 12.5. The van der Waals surface area contributed by atoms with Crippen molar-refractivity contribution in [2.45, 2.75) is 55.0 Å². The lowest BCUT2D eigenvalue weighted by molar-refractivity contribution is -0.648. The normalized spacial score (nSPS) is 40.9. The summed E-state index contributed by atoms with van der Waals surface area (Å²) in [5.41, 5.74) is -0.986. The van der Waals surface area contributed by atoms with E-state index in [-0.39, 0.29) is 34.4 Å². The van der Waals surface area contributed by atoms with Crippen LogP contribution in [-0.4, -0.2) is 33.5 Å². The van der Waals surface area contributed by atoms with Crippen LogP contribution in [0.3, 0.4) is 0 Å². The van der Waals surface area contributed by atoms with Crippen molar-refractivity contribution in [3.63, 3.8) is 0 Å². The number of hydrogen-bond donors (Lipinski definition) is 2. The number of alkyl halides is 4. The third-order valence-corrected chi connectivity index (χ3v) is 8.37. The summed E-state index contributed by atoms with van der Waals surface area (Å²) < 4.78 is 61.1. The Balaban J connectivity index is 1.57. The zero-order valence-electron chi connectivity index (χ0n) is 16.8. The predicted octanol–water partition coefficient (Wildman–Crippen LogP) is 4.65. The molecule has 0 radical (unpaired) electrons. The molecule has 0 amide bonds. The number of rotatable bonds is 5. The zero-order valence-corrected chi connectivity index (χ0v) is 18.5. The average Bonchev–Trinajstić information content (AvgIpc) is 2.84. The van der Waals surface area contributed by atoms with Gasteiger partial charge < -0.3 is 9.26 Å². The molecule has 4 aliphatic carbocycles. The molecule has 4 unspecified atom stereocenters. The topological polar surface area (TPSA) is 94.5 Å². The van der Waals surface area contributed by atoms with Crippen LogP contribution in [0.15, 0.2) is 24.3 Å². The number of phosphoric acid groups is 1. The largest absolute Gasteiger partial charge is 0.524 e. The van der Waals surface area contributed by atoms with Crippen molar-refractivity contribution in [3.05, 3.63) is 29.8 Å². The fraction of sp³-hybridized carbons (Fsp3) is 0.700. The molecule has 32 heavy (non-hydrogen) atoms. The Morgan fingerprint density at radius 3 is 2.38 bits per heavy atom. The van der Waals surface area contributed by atoms with Crippen molar-refractivity contribution in [3.8, 4) is 5.75 Å². The Labute approximate surface area is 187 Å². The Morgan fingerprint density at radius 2 is 1.81 bits per heavy atom. The summed E-state index contributed by atoms with van der Waals surface area (Å²) in [5, 5.41) is 0.0267. The first-order chi connectivity index (χ1) is 14.9. The van der Waals surface area contributed by atoms with Crippen LogP contribution in [0.1, 0.15) is 37.7 Å². The van der Waals surface area contributed by atoms with Crippen molar-refractivity contribution in [1.29, 1.82) is 0 Å². The number of phosphoric ester groups is 1. The molecule has 7 nitrogen and oxygen atoms in total. The van der Waals surface area contributed by atoms with Crippen LogP contribution in [0.5, 0.6) is 5.75 Å². The molecule has 178 valence electrons. The second kappa shape index (κ2) is 7.57. The molecule has 0 aromatic heterocycles. The van der Waals surface area contributed by atoms with E-state index in [9.17, 15) is 17.7 Å². The van der Waals surface area contributed by atoms with Gasteiger partial charge in [0.1, 0.15) is 12.4 Å². The fourth-order valence-corrected chi connectivity index (χ4v) is 7.26. The number of fused-ring (bicyclic) bond motifs is 1. The molecular formula is C20H23ClF3O7P. The van der Waals surface area contributed by atoms with Crippen molar-refractivity contribution >= 4 is 19.4 Å². The highest BCUT2D eigenvalue weighted by Crippen LogP contribution is 2.68. The van der Waals surface area contributed by atoms with Crippen LogP contribution >= 0.6 is 19.4 Å². The van der Waals surface area contributed by atoms with Gasteiger partial charge in [-0.3, -0.25) is 9.79 Å². The summed E-state index contributed by atoms with van der Waals surface area (Å²) >= 11 is 6.61. The van der Waals surface area contributed by atoms with Crippen molar-refractivity contribution in [2.75, 3.05) is 6.61 Å². The molecule has 5 aliphatic rings. The zero-order chi connectivity index (χ0) is 22.9. The van der Waals surface area contributed by atoms with Crippen LogP contribution in [0.4, 0.5) is 13.2 Å². The van der Waals surface area contributed by atoms with E-state index in [0.29, 0.717) is 18.8 Å². The quantitative estimate of drug-likeness (QED) is 0.346. The molecule has 4 saturated carbocycles. The van der Waals surface area contributed by atoms with E-state index in [1.165, 1.54) is 24.3 Å². The lowest BCUT2D eigenvalue weighted by Crippen LogP contribution is -2.75. The van der Waals surface area contributed by atoms with Crippen LogP contribution < -0.4 is 4.52 Å². The maximum Gasteiger partial charge on any atom is 0.524 e. The summed E-state index contributed by atoms with van der Waals surface area (Å²) in [7, 11) is -4.87. The van der Waals surface area contributed by atoms with Crippen molar-refractivity contribution < 1.29 is 46.6 Å². The summed E-state index contributed by atoms with van der Waals surface area (Å²) in [4.78, 5) is 29.5. The Hall–Kier alpha value is -0.870. The Kier molecular flexibility index (Phi) is 5.41. The van der Waals surface area contributed by atoms with Gasteiger partial charge in [0.25, 0.3) is 5.79 Å². The molecule has 2 N–H and O–H groups in total. The van der Waals surface area contributed by atoms with Gasteiger partial charge >= 0.3 is 14.0 Å². The Bertz CT molecular complexity index is 924. The number of ether oxygens (including phenoxy) is 1. The molecule has 12 heteroatoms. The second-order valence-electron chi connectivity index (χ2n) is 9.30. The minimum Gasteiger partial charge on any atom is -0.404 e. The van der Waals surface area contributed by atoms with E-state index in [1.807, 2.05) is 0 Å². The summed E-state index contributed by atoms with van der Waals surface area (Å²) in [6.07, 6.45) is -0.860. The molecule has 1 spiro atoms. The Morgan fingerprint density at radius 1 is 1.12 bits per heavy atom. The first-order valence-electron chi connectivity index (χ1n) is 10.5. The molecular weight excluding hydrogens is 476 g/mol. The van der Waals surface area contributed by atoms with Gasteiger partial charge in [-0.15, -0.1) is 11.6 Å². The van der Waals surface area contributed by atoms with E-state index in [0.717, 1.165) is 19.3 Å². The van der Waals surface area contributed by atoms with Crippen LogP contribution in [0, 0.1) is 23.7 Å². The number of benzene rings is 1. The molecule has 1 aliphatic heterocycles. The van der Waals surface area contributed by atoms with Crippen LogP contribution in [0.2, 0.25) is 0 Å². The van der Waals surface area contributed by atoms with E-state index >= 15 is 0 Å². The average molecular weight is 499 g/mol. The maximum absolute atomic E-state index is 13.2. The van der Waals surface area contributed by atoms with Gasteiger partial charge in [0, 0.05) is 10.9 Å². The van der Waals surface area contributed by atoms with Crippen LogP contribution in [0.25, 0.3) is 0 Å². The summed E-state index contributed by atoms with van der Waals surface area (Å²) in [6, 6.07) is 5.46. The lowest BCUT2D eigenvalue weighted by atomic mass is 9.53. The fourth-order valence-electron chi connectivity index (χ4n) is 6.41. The molecule has 4 atom stereocenters. The molecule has 1 aromatic carbocycles. The predicted molar refractivity (Wildman–Crippen MR) is 104 cm³/mol. The molecule has 6 rings (SSSR count). The minimum absolute atomic E-state index is 0.0267. The molecule has 5 fully saturated rings. The van der Waals surface area contributed by atoms with Gasteiger partial charge in [0.05, 0.1) is 0 Å². The highest BCUT2D eigenvalue weighted by atomic mass is 35.5. The van der Waals surface area contributed by atoms with Gasteiger partial charge in [-0.05, 0) is 67.9 Å². The standard InChI is InChI=1S/C20H23ClF3O7P/c21-17-6-11-4-14-7-12(17)8-15(5-11)19(14)20(31-30-19,28-10-18(22,23)24)13-2-1-3-16(9-13)29-32(25,26)27/h1-3,9,11-12,14-15,17H,4-8,10H2,(H2,25,26,27). The molecule has 1 heterocycles. The van der Waals surface area contributed by atoms with E-state index in [4.69, 9.17) is 35.9 Å². The van der Waals surface area contributed by atoms with Crippen LogP contribution in [-0.2, 0) is 24.9 Å². The third kappa shape index (κ3) is 3.68. The third-order valence-electron chi connectivity index (χ3n) is 7.38. The summed E-state index contributed by atoms with van der Waals surface area (Å²) in [5.74, 6) is -1.73. The minimum atomic E-state index is -4.87. The van der Waals surface area contributed by atoms with E-state index in [1.54, 1.807) is 0 Å². The highest BCUT2D eigenvalue weighted by molar-refractivity contribution is 7.46. The molecule has 4 bridgehead atoms. The number of halogens is 4. The van der Waals surface area contributed by atoms with E-state index < -0.39 is 32.0 Å². The maximum atomic E-state index is 13.2. The molecule has 1 saturated heterocycles. The van der Waals surface area contributed by atoms with Gasteiger partial charge in [-0.25, -0.2) is 9.45 Å². The second-order valence-corrected chi connectivity index (χ2v) is 11.0. The van der Waals surface area contributed by atoms with Crippen molar-refractivity contribution in [2.24, 2.45) is 23.7 Å². The smallest absolute Gasteiger partial charge is 0.404 e. The van der Waals surface area contributed by atoms with Gasteiger partial charge in [-0.1, -0.05) is 12.1 Å². The van der Waals surface area contributed by atoms with Crippen molar-refractivity contribution in [1.82, 2.24) is 0 Å². The highest BCUT2D eigenvalue weighted by Gasteiger charge is 2.77. The molecule has 1 aromatic rings. The summed E-state index contributed by atoms with van der Waals surface area (Å²) in [6.45, 7) is -1.56.